The predicted molar refractivity (Wildman–Crippen MR) is 135 cm³/mol. The monoisotopic (exact) mass is 507 g/mol. The third-order valence-corrected chi connectivity index (χ3v) is 7.20. The molecule has 3 unspecified atom stereocenters. The SMILES string of the molecule is [B]/C(=C/CCI)C(CC)CC(CC)C(C)C1=C(C)OCCN1CC1=CC=CCC1. The summed E-state index contributed by atoms with van der Waals surface area (Å²) in [6, 6.07) is 0. The fraction of sp³-hybridized carbons (Fsp3) is 0.680. The van der Waals surface area contributed by atoms with Crippen molar-refractivity contribution in [1.82, 2.24) is 4.90 Å². The molecular weight excluding hydrogens is 468 g/mol. The van der Waals surface area contributed by atoms with Gasteiger partial charge in [0.25, 0.3) is 0 Å². The fourth-order valence-electron chi connectivity index (χ4n) is 4.77. The van der Waals surface area contributed by atoms with Crippen molar-refractivity contribution in [3.8, 4) is 0 Å². The molecule has 0 amide bonds. The van der Waals surface area contributed by atoms with Crippen LogP contribution in [0, 0.1) is 17.8 Å². The van der Waals surface area contributed by atoms with Crippen LogP contribution in [-0.2, 0) is 4.74 Å². The van der Waals surface area contributed by atoms with E-state index in [0.717, 1.165) is 54.6 Å². The molecule has 0 aromatic heterocycles. The minimum Gasteiger partial charge on any atom is -0.495 e. The van der Waals surface area contributed by atoms with Crippen LogP contribution in [0.25, 0.3) is 0 Å². The number of alkyl halides is 1. The van der Waals surface area contributed by atoms with E-state index in [9.17, 15) is 0 Å². The second-order valence-corrected chi connectivity index (χ2v) is 9.56. The van der Waals surface area contributed by atoms with Crippen molar-refractivity contribution in [2.45, 2.75) is 66.2 Å². The Kier molecular flexibility index (Phi) is 11.0. The summed E-state index contributed by atoms with van der Waals surface area (Å²) in [6.07, 6.45) is 15.9. The first kappa shape index (κ1) is 24.6. The highest BCUT2D eigenvalue weighted by Gasteiger charge is 2.30. The molecule has 2 rings (SSSR count). The zero-order valence-electron chi connectivity index (χ0n) is 18.9. The van der Waals surface area contributed by atoms with E-state index in [0.29, 0.717) is 17.8 Å². The van der Waals surface area contributed by atoms with Crippen LogP contribution in [0.1, 0.15) is 66.2 Å². The van der Waals surface area contributed by atoms with Gasteiger partial charge >= 0.3 is 0 Å². The van der Waals surface area contributed by atoms with Crippen LogP contribution in [0.15, 0.2) is 46.8 Å². The van der Waals surface area contributed by atoms with Gasteiger partial charge in [-0.05, 0) is 44.4 Å². The summed E-state index contributed by atoms with van der Waals surface area (Å²) in [7, 11) is 6.47. The highest BCUT2D eigenvalue weighted by atomic mass is 127. The van der Waals surface area contributed by atoms with E-state index in [1.165, 1.54) is 30.5 Å². The van der Waals surface area contributed by atoms with Gasteiger partial charge in [-0.2, -0.15) is 0 Å². The smallest absolute Gasteiger partial charge is 0.112 e. The van der Waals surface area contributed by atoms with Crippen LogP contribution in [0.5, 0.6) is 0 Å². The van der Waals surface area contributed by atoms with Gasteiger partial charge in [0.2, 0.25) is 0 Å². The quantitative estimate of drug-likeness (QED) is 0.174. The first-order chi connectivity index (χ1) is 14.0. The van der Waals surface area contributed by atoms with Crippen LogP contribution in [0.4, 0.5) is 0 Å². The molecule has 0 saturated heterocycles. The molecule has 0 N–H and O–H groups in total. The van der Waals surface area contributed by atoms with Crippen LogP contribution < -0.4 is 0 Å². The van der Waals surface area contributed by atoms with E-state index in [4.69, 9.17) is 12.6 Å². The van der Waals surface area contributed by atoms with Gasteiger partial charge in [0.05, 0.1) is 12.2 Å². The van der Waals surface area contributed by atoms with Crippen LogP contribution in [0.3, 0.4) is 0 Å². The number of rotatable bonds is 11. The summed E-state index contributed by atoms with van der Waals surface area (Å²) in [5, 5.41) is 0. The summed E-state index contributed by atoms with van der Waals surface area (Å²) >= 11 is 2.42. The zero-order chi connectivity index (χ0) is 21.2. The summed E-state index contributed by atoms with van der Waals surface area (Å²) in [6.45, 7) is 12.0. The van der Waals surface area contributed by atoms with Crippen LogP contribution in [0.2, 0.25) is 0 Å². The molecule has 3 atom stereocenters. The molecule has 0 aromatic carbocycles. The normalized spacial score (nSPS) is 20.9. The van der Waals surface area contributed by atoms with E-state index in [1.54, 1.807) is 0 Å². The molecule has 0 aromatic rings. The van der Waals surface area contributed by atoms with Crippen molar-refractivity contribution in [2.75, 3.05) is 24.1 Å². The standard InChI is InChI=1S/C25H39BINO/c1-5-22(17-23(6-2)24(26)13-10-14-27)19(3)25-20(4)29-16-15-28(25)18-21-11-8-7-9-12-21/h7-8,11,13,19,22-23H,5-6,9-10,12,14-18H2,1-4H3/b24-13+. The molecule has 0 bridgehead atoms. The maximum Gasteiger partial charge on any atom is 0.112 e. The second kappa shape index (κ2) is 12.9. The van der Waals surface area contributed by atoms with Crippen molar-refractivity contribution >= 4 is 30.4 Å². The summed E-state index contributed by atoms with van der Waals surface area (Å²) in [4.78, 5) is 2.59. The van der Waals surface area contributed by atoms with Gasteiger partial charge in [0, 0.05) is 16.9 Å². The van der Waals surface area contributed by atoms with Gasteiger partial charge in [-0.3, -0.25) is 0 Å². The van der Waals surface area contributed by atoms with Gasteiger partial charge in [0.15, 0.2) is 0 Å². The van der Waals surface area contributed by atoms with Gasteiger partial charge in [-0.15, -0.1) is 5.47 Å². The first-order valence-electron chi connectivity index (χ1n) is 11.5. The van der Waals surface area contributed by atoms with Gasteiger partial charge < -0.3 is 9.64 Å². The lowest BCUT2D eigenvalue weighted by molar-refractivity contribution is 0.111. The van der Waals surface area contributed by atoms with Crippen molar-refractivity contribution < 1.29 is 4.74 Å². The van der Waals surface area contributed by atoms with Crippen LogP contribution in [-0.4, -0.2) is 36.9 Å². The van der Waals surface area contributed by atoms with Crippen molar-refractivity contribution in [1.29, 1.82) is 0 Å². The average molecular weight is 507 g/mol. The minimum absolute atomic E-state index is 0.478. The Labute approximate surface area is 194 Å². The molecule has 0 saturated carbocycles. The molecule has 1 aliphatic carbocycles. The second-order valence-electron chi connectivity index (χ2n) is 8.48. The maximum atomic E-state index is 6.47. The summed E-state index contributed by atoms with van der Waals surface area (Å²) in [5.41, 5.74) is 4.05. The van der Waals surface area contributed by atoms with Crippen molar-refractivity contribution in [3.05, 3.63) is 46.8 Å². The molecule has 2 aliphatic rings. The molecule has 1 heterocycles. The topological polar surface area (TPSA) is 12.5 Å². The Morgan fingerprint density at radius 3 is 2.76 bits per heavy atom. The zero-order valence-corrected chi connectivity index (χ0v) is 21.1. The average Bonchev–Trinajstić information content (AvgIpc) is 2.73. The van der Waals surface area contributed by atoms with E-state index < -0.39 is 0 Å². The van der Waals surface area contributed by atoms with Crippen molar-refractivity contribution in [3.63, 3.8) is 0 Å². The third-order valence-electron chi connectivity index (χ3n) is 6.58. The lowest BCUT2D eigenvalue weighted by Crippen LogP contribution is -2.38. The van der Waals surface area contributed by atoms with E-state index in [2.05, 4.69) is 79.5 Å². The van der Waals surface area contributed by atoms with Gasteiger partial charge in [-0.1, -0.05) is 86.1 Å². The molecule has 0 fully saturated rings. The Morgan fingerprint density at radius 1 is 1.34 bits per heavy atom. The fourth-order valence-corrected chi connectivity index (χ4v) is 5.08. The lowest BCUT2D eigenvalue weighted by atomic mass is 9.73. The molecule has 160 valence electrons. The molecule has 29 heavy (non-hydrogen) atoms. The molecule has 0 spiro atoms. The number of halogens is 1. The van der Waals surface area contributed by atoms with E-state index in [-0.39, 0.29) is 0 Å². The molecule has 4 heteroatoms. The Morgan fingerprint density at radius 2 is 2.14 bits per heavy atom. The van der Waals surface area contributed by atoms with Gasteiger partial charge in [0.1, 0.15) is 20.2 Å². The third kappa shape index (κ3) is 7.22. The highest BCUT2D eigenvalue weighted by molar-refractivity contribution is 14.1. The predicted octanol–water partition coefficient (Wildman–Crippen LogP) is 6.78. The first-order valence-corrected chi connectivity index (χ1v) is 13.0. The lowest BCUT2D eigenvalue weighted by Gasteiger charge is -2.40. The number of allylic oxidation sites excluding steroid dienone is 7. The summed E-state index contributed by atoms with van der Waals surface area (Å²) in [5.74, 6) is 2.69. The number of hydrogen-bond donors (Lipinski definition) is 0. The maximum absolute atomic E-state index is 6.47. The van der Waals surface area contributed by atoms with Gasteiger partial charge in [-0.25, -0.2) is 0 Å². The molecule has 1 aliphatic heterocycles. The Balaban J connectivity index is 2.16. The van der Waals surface area contributed by atoms with Crippen LogP contribution >= 0.6 is 22.6 Å². The molecular formula is C25H39BINO. The summed E-state index contributed by atoms with van der Waals surface area (Å²) < 4.78 is 7.16. The Bertz CT molecular complexity index is 637. The van der Waals surface area contributed by atoms with E-state index in [1.807, 2.05) is 0 Å². The van der Waals surface area contributed by atoms with Crippen molar-refractivity contribution in [2.24, 2.45) is 17.8 Å². The number of hydrogen-bond acceptors (Lipinski definition) is 2. The van der Waals surface area contributed by atoms with E-state index >= 15 is 0 Å². The molecule has 2 nitrogen and oxygen atoms in total. The number of nitrogens with zero attached hydrogens (tertiary/aromatic N) is 1. The molecule has 2 radical (unpaired) electrons. The number of ether oxygens (including phenoxy) is 1. The largest absolute Gasteiger partial charge is 0.495 e. The minimum atomic E-state index is 0.478. The highest BCUT2D eigenvalue weighted by Crippen LogP contribution is 2.37. The Hall–Kier alpha value is -0.645.